The molecule has 0 atom stereocenters. The number of hydrogen-bond donors (Lipinski definition) is 2. The van der Waals surface area contributed by atoms with Crippen molar-refractivity contribution in [2.45, 2.75) is 34.1 Å². The molecule has 4 heteroatoms. The second-order valence-electron chi connectivity index (χ2n) is 6.46. The Morgan fingerprint density at radius 3 is 2.59 bits per heavy atom. The number of nitrogens with one attached hydrogen (secondary N) is 2. The van der Waals surface area contributed by atoms with E-state index in [9.17, 15) is 4.79 Å². The molecule has 0 radical (unpaired) electrons. The van der Waals surface area contributed by atoms with Crippen molar-refractivity contribution in [3.63, 3.8) is 0 Å². The van der Waals surface area contributed by atoms with Crippen molar-refractivity contribution in [2.24, 2.45) is 5.41 Å². The quantitative estimate of drug-likeness (QED) is 0.832. The Morgan fingerprint density at radius 2 is 1.91 bits per heavy atom. The molecule has 1 aromatic carbocycles. The molecule has 4 nitrogen and oxygen atoms in total. The van der Waals surface area contributed by atoms with Crippen molar-refractivity contribution in [2.75, 3.05) is 18.4 Å². The molecule has 1 amide bonds. The molecular weight excluding hydrogens is 274 g/mol. The Bertz CT molecular complexity index is 659. The van der Waals surface area contributed by atoms with Gasteiger partial charge in [-0.05, 0) is 18.6 Å². The number of amides is 1. The molecule has 2 rings (SSSR count). The average Bonchev–Trinajstić information content (AvgIpc) is 2.49. The number of hydrogen-bond acceptors (Lipinski definition) is 3. The van der Waals surface area contributed by atoms with Gasteiger partial charge in [0.05, 0.1) is 5.52 Å². The van der Waals surface area contributed by atoms with Crippen LogP contribution in [0.5, 0.6) is 0 Å². The maximum absolute atomic E-state index is 11.8. The van der Waals surface area contributed by atoms with Gasteiger partial charge in [-0.3, -0.25) is 9.78 Å². The third-order valence-corrected chi connectivity index (χ3v) is 3.54. The number of anilines is 1. The normalized spacial score (nSPS) is 11.5. The van der Waals surface area contributed by atoms with Gasteiger partial charge in [-0.15, -0.1) is 0 Å². The smallest absolute Gasteiger partial charge is 0.225 e. The lowest BCUT2D eigenvalue weighted by atomic mass is 9.96. The Labute approximate surface area is 132 Å². The summed E-state index contributed by atoms with van der Waals surface area (Å²) in [6.45, 7) is 9.15. The summed E-state index contributed by atoms with van der Waals surface area (Å²) < 4.78 is 0. The predicted octanol–water partition coefficient (Wildman–Crippen LogP) is 3.37. The third kappa shape index (κ3) is 3.97. The highest BCUT2D eigenvalue weighted by Gasteiger charge is 2.20. The number of rotatable bonds is 5. The van der Waals surface area contributed by atoms with E-state index in [2.05, 4.69) is 34.7 Å². The molecule has 1 heterocycles. The molecule has 0 unspecified atom stereocenters. The molecule has 0 aliphatic rings. The van der Waals surface area contributed by atoms with Crippen LogP contribution in [-0.4, -0.2) is 24.0 Å². The third-order valence-electron chi connectivity index (χ3n) is 3.54. The zero-order valence-electron chi connectivity index (χ0n) is 13.9. The lowest BCUT2D eigenvalue weighted by Crippen LogP contribution is -2.37. The Hall–Kier alpha value is -2.10. The van der Waals surface area contributed by atoms with E-state index in [4.69, 9.17) is 0 Å². The lowest BCUT2D eigenvalue weighted by molar-refractivity contribution is -0.128. The number of pyridine rings is 1. The first-order valence-corrected chi connectivity index (χ1v) is 7.82. The van der Waals surface area contributed by atoms with E-state index < -0.39 is 0 Å². The number of nitrogens with zero attached hydrogens (tertiary/aromatic N) is 1. The highest BCUT2D eigenvalue weighted by molar-refractivity contribution is 5.91. The summed E-state index contributed by atoms with van der Waals surface area (Å²) in [5.74, 6) is 0.0723. The molecule has 22 heavy (non-hydrogen) atoms. The molecular formula is C18H25N3O. The highest BCUT2D eigenvalue weighted by atomic mass is 16.2. The molecule has 0 saturated heterocycles. The zero-order chi connectivity index (χ0) is 16.2. The second kappa shape index (κ2) is 6.77. The number of carbonyl (C=O) groups is 1. The van der Waals surface area contributed by atoms with E-state index in [1.165, 1.54) is 0 Å². The van der Waals surface area contributed by atoms with Crippen LogP contribution in [-0.2, 0) is 11.2 Å². The van der Waals surface area contributed by atoms with Crippen LogP contribution < -0.4 is 10.6 Å². The lowest BCUT2D eigenvalue weighted by Gasteiger charge is -2.18. The van der Waals surface area contributed by atoms with Crippen LogP contribution in [0.3, 0.4) is 0 Å². The van der Waals surface area contributed by atoms with Crippen molar-refractivity contribution in [3.8, 4) is 0 Å². The number of para-hydroxylation sites is 1. The summed E-state index contributed by atoms with van der Waals surface area (Å²) in [7, 11) is 0. The van der Waals surface area contributed by atoms with Crippen LogP contribution in [0, 0.1) is 5.41 Å². The van der Waals surface area contributed by atoms with Gasteiger partial charge < -0.3 is 10.6 Å². The number of aryl methyl sites for hydroxylation is 1. The molecule has 0 aliphatic heterocycles. The summed E-state index contributed by atoms with van der Waals surface area (Å²) in [6, 6.07) is 10.2. The minimum Gasteiger partial charge on any atom is -0.383 e. The van der Waals surface area contributed by atoms with Gasteiger partial charge in [-0.25, -0.2) is 0 Å². The van der Waals surface area contributed by atoms with Gasteiger partial charge in [0.15, 0.2) is 0 Å². The standard InChI is InChI=1S/C18H25N3O/c1-5-13-12-16(14-8-6-7-9-15(14)21-13)19-10-11-20-17(22)18(2,3)4/h6-9,12H,5,10-11H2,1-4H3,(H,19,21)(H,20,22). The van der Waals surface area contributed by atoms with Crippen LogP contribution in [0.1, 0.15) is 33.4 Å². The number of aromatic nitrogens is 1. The van der Waals surface area contributed by atoms with E-state index in [0.717, 1.165) is 28.7 Å². The molecule has 0 bridgehead atoms. The summed E-state index contributed by atoms with van der Waals surface area (Å²) in [5.41, 5.74) is 2.80. The van der Waals surface area contributed by atoms with Crippen LogP contribution in [0.25, 0.3) is 10.9 Å². The fourth-order valence-electron chi connectivity index (χ4n) is 2.20. The van der Waals surface area contributed by atoms with Gasteiger partial charge in [0.2, 0.25) is 5.91 Å². The van der Waals surface area contributed by atoms with Crippen molar-refractivity contribution < 1.29 is 4.79 Å². The predicted molar refractivity (Wildman–Crippen MR) is 92.1 cm³/mol. The molecule has 0 aliphatic carbocycles. The van der Waals surface area contributed by atoms with Gasteiger partial charge in [-0.2, -0.15) is 0 Å². The SMILES string of the molecule is CCc1cc(NCCNC(=O)C(C)(C)C)c2ccccc2n1. The summed E-state index contributed by atoms with van der Waals surface area (Å²) in [5, 5.41) is 7.48. The van der Waals surface area contributed by atoms with Crippen molar-refractivity contribution in [1.82, 2.24) is 10.3 Å². The molecule has 0 fully saturated rings. The Morgan fingerprint density at radius 1 is 1.18 bits per heavy atom. The summed E-state index contributed by atoms with van der Waals surface area (Å²) in [6.07, 6.45) is 0.903. The molecule has 0 saturated carbocycles. The summed E-state index contributed by atoms with van der Waals surface area (Å²) >= 11 is 0. The molecule has 0 spiro atoms. The van der Waals surface area contributed by atoms with Gasteiger partial charge in [0.1, 0.15) is 0 Å². The van der Waals surface area contributed by atoms with E-state index in [1.54, 1.807) is 0 Å². The van der Waals surface area contributed by atoms with Crippen LogP contribution in [0.2, 0.25) is 0 Å². The van der Waals surface area contributed by atoms with E-state index in [1.807, 2.05) is 39.0 Å². The first-order valence-electron chi connectivity index (χ1n) is 7.82. The monoisotopic (exact) mass is 299 g/mol. The number of carbonyl (C=O) groups excluding carboxylic acids is 1. The largest absolute Gasteiger partial charge is 0.383 e. The topological polar surface area (TPSA) is 54.0 Å². The van der Waals surface area contributed by atoms with Gasteiger partial charge in [0, 0.05) is 35.3 Å². The molecule has 1 aromatic heterocycles. The van der Waals surface area contributed by atoms with Gasteiger partial charge >= 0.3 is 0 Å². The first-order chi connectivity index (χ1) is 10.4. The van der Waals surface area contributed by atoms with E-state index in [-0.39, 0.29) is 11.3 Å². The zero-order valence-corrected chi connectivity index (χ0v) is 13.9. The fraction of sp³-hybridized carbons (Fsp3) is 0.444. The van der Waals surface area contributed by atoms with Crippen LogP contribution in [0.4, 0.5) is 5.69 Å². The summed E-state index contributed by atoms with van der Waals surface area (Å²) in [4.78, 5) is 16.5. The maximum Gasteiger partial charge on any atom is 0.225 e. The number of fused-ring (bicyclic) bond motifs is 1. The van der Waals surface area contributed by atoms with Crippen molar-refractivity contribution in [1.29, 1.82) is 0 Å². The van der Waals surface area contributed by atoms with Crippen molar-refractivity contribution >= 4 is 22.5 Å². The van der Waals surface area contributed by atoms with Crippen LogP contribution >= 0.6 is 0 Å². The van der Waals surface area contributed by atoms with E-state index >= 15 is 0 Å². The Kier molecular flexibility index (Phi) is 5.01. The van der Waals surface area contributed by atoms with Gasteiger partial charge in [0.25, 0.3) is 0 Å². The highest BCUT2D eigenvalue weighted by Crippen LogP contribution is 2.23. The fourth-order valence-corrected chi connectivity index (χ4v) is 2.20. The molecule has 2 N–H and O–H groups in total. The molecule has 2 aromatic rings. The van der Waals surface area contributed by atoms with Crippen molar-refractivity contribution in [3.05, 3.63) is 36.0 Å². The maximum atomic E-state index is 11.8. The van der Waals surface area contributed by atoms with Crippen LogP contribution in [0.15, 0.2) is 30.3 Å². The minimum absolute atomic E-state index is 0.0723. The first kappa shape index (κ1) is 16.3. The van der Waals surface area contributed by atoms with E-state index in [0.29, 0.717) is 13.1 Å². The number of benzene rings is 1. The average molecular weight is 299 g/mol. The molecule has 118 valence electrons. The van der Waals surface area contributed by atoms with Gasteiger partial charge in [-0.1, -0.05) is 45.9 Å². The minimum atomic E-state index is -0.348. The second-order valence-corrected chi connectivity index (χ2v) is 6.46. The Balaban J connectivity index is 2.04.